The molecule has 0 spiro atoms. The lowest BCUT2D eigenvalue weighted by molar-refractivity contribution is 0.771. The molecule has 3 nitrogen and oxygen atoms in total. The number of alkyl halides is 1. The molecule has 100 valence electrons. The third-order valence-electron chi connectivity index (χ3n) is 3.20. The first kappa shape index (κ1) is 13.2. The van der Waals surface area contributed by atoms with Crippen molar-refractivity contribution in [1.82, 2.24) is 9.97 Å². The average molecular weight is 314 g/mol. The van der Waals surface area contributed by atoms with E-state index < -0.39 is 0 Å². The molecule has 1 saturated carbocycles. The molecule has 19 heavy (non-hydrogen) atoms. The Balaban J connectivity index is 1.94. The summed E-state index contributed by atoms with van der Waals surface area (Å²) in [5, 5.41) is 4.71. The Morgan fingerprint density at radius 3 is 2.84 bits per heavy atom. The van der Waals surface area contributed by atoms with Gasteiger partial charge in [-0.15, -0.1) is 11.6 Å². The molecule has 0 aromatic carbocycles. The highest BCUT2D eigenvalue weighted by molar-refractivity contribution is 7.07. The van der Waals surface area contributed by atoms with Crippen molar-refractivity contribution < 1.29 is 0 Å². The van der Waals surface area contributed by atoms with Crippen LogP contribution in [-0.4, -0.2) is 16.0 Å². The van der Waals surface area contributed by atoms with Gasteiger partial charge in [0.15, 0.2) is 0 Å². The number of thiophene rings is 1. The maximum absolute atomic E-state index is 6.12. The number of nitrogens with zero attached hydrogens (tertiary/aromatic N) is 3. The van der Waals surface area contributed by atoms with Gasteiger partial charge in [0.2, 0.25) is 0 Å². The molecule has 0 saturated heterocycles. The van der Waals surface area contributed by atoms with Gasteiger partial charge in [-0.05, 0) is 35.2 Å². The summed E-state index contributed by atoms with van der Waals surface area (Å²) in [4.78, 5) is 10.7. The quantitative estimate of drug-likeness (QED) is 0.614. The summed E-state index contributed by atoms with van der Waals surface area (Å²) in [6.07, 6.45) is 3.91. The van der Waals surface area contributed by atoms with Crippen LogP contribution in [0.2, 0.25) is 5.15 Å². The highest BCUT2D eigenvalue weighted by Crippen LogP contribution is 2.35. The molecule has 0 N–H and O–H groups in total. The monoisotopic (exact) mass is 313 g/mol. The molecule has 0 unspecified atom stereocenters. The molecule has 2 aromatic heterocycles. The largest absolute Gasteiger partial charge is 0.349 e. The lowest BCUT2D eigenvalue weighted by Gasteiger charge is -2.25. The highest BCUT2D eigenvalue weighted by atomic mass is 35.5. The van der Waals surface area contributed by atoms with Crippen LogP contribution in [-0.2, 0) is 12.4 Å². The molecule has 2 aromatic rings. The summed E-state index contributed by atoms with van der Waals surface area (Å²) in [7, 11) is 0. The molecule has 0 aliphatic heterocycles. The molecule has 1 fully saturated rings. The van der Waals surface area contributed by atoms with Crippen LogP contribution in [0, 0.1) is 0 Å². The fourth-order valence-corrected chi connectivity index (χ4v) is 3.26. The van der Waals surface area contributed by atoms with Crippen LogP contribution < -0.4 is 4.90 Å². The number of aromatic nitrogens is 2. The van der Waals surface area contributed by atoms with Gasteiger partial charge in [-0.2, -0.15) is 11.3 Å². The Labute approximate surface area is 126 Å². The average Bonchev–Trinajstić information content (AvgIpc) is 3.13. The molecule has 0 amide bonds. The minimum Gasteiger partial charge on any atom is -0.349 e. The Bertz CT molecular complexity index is 555. The van der Waals surface area contributed by atoms with Gasteiger partial charge in [0.1, 0.15) is 17.3 Å². The standard InChI is InChI=1S/C13H13Cl2N3S/c14-5-11-12(15)16-8-17-13(11)18(10-1-2-10)6-9-3-4-19-7-9/h3-4,7-8,10H,1-2,5-6H2. The number of halogens is 2. The zero-order chi connectivity index (χ0) is 13.2. The zero-order valence-electron chi connectivity index (χ0n) is 10.2. The smallest absolute Gasteiger partial charge is 0.138 e. The van der Waals surface area contributed by atoms with E-state index in [2.05, 4.69) is 31.7 Å². The van der Waals surface area contributed by atoms with Crippen LogP contribution >= 0.6 is 34.5 Å². The first-order valence-corrected chi connectivity index (χ1v) is 7.98. The van der Waals surface area contributed by atoms with Crippen molar-refractivity contribution in [2.75, 3.05) is 4.90 Å². The van der Waals surface area contributed by atoms with E-state index in [4.69, 9.17) is 23.2 Å². The molecular weight excluding hydrogens is 301 g/mol. The predicted octanol–water partition coefficient (Wildman–Crippen LogP) is 4.10. The van der Waals surface area contributed by atoms with E-state index in [0.717, 1.165) is 17.9 Å². The van der Waals surface area contributed by atoms with Gasteiger partial charge in [-0.1, -0.05) is 11.6 Å². The third kappa shape index (κ3) is 2.86. The van der Waals surface area contributed by atoms with Crippen LogP contribution in [0.4, 0.5) is 5.82 Å². The maximum atomic E-state index is 6.12. The van der Waals surface area contributed by atoms with Gasteiger partial charge in [-0.3, -0.25) is 0 Å². The van der Waals surface area contributed by atoms with E-state index >= 15 is 0 Å². The Morgan fingerprint density at radius 2 is 2.21 bits per heavy atom. The van der Waals surface area contributed by atoms with Crippen molar-refractivity contribution in [2.24, 2.45) is 0 Å². The predicted molar refractivity (Wildman–Crippen MR) is 80.1 cm³/mol. The minimum atomic E-state index is 0.335. The lowest BCUT2D eigenvalue weighted by Crippen LogP contribution is -2.27. The van der Waals surface area contributed by atoms with Gasteiger partial charge in [0, 0.05) is 18.2 Å². The van der Waals surface area contributed by atoms with Gasteiger partial charge in [0.05, 0.1) is 5.88 Å². The highest BCUT2D eigenvalue weighted by Gasteiger charge is 2.32. The molecular formula is C13H13Cl2N3S. The minimum absolute atomic E-state index is 0.335. The van der Waals surface area contributed by atoms with E-state index in [9.17, 15) is 0 Å². The van der Waals surface area contributed by atoms with E-state index in [1.165, 1.54) is 24.7 Å². The third-order valence-corrected chi connectivity index (χ3v) is 4.52. The lowest BCUT2D eigenvalue weighted by atomic mass is 10.2. The summed E-state index contributed by atoms with van der Waals surface area (Å²) >= 11 is 13.8. The second kappa shape index (κ2) is 5.65. The van der Waals surface area contributed by atoms with Crippen LogP contribution in [0.3, 0.4) is 0 Å². The molecule has 3 rings (SSSR count). The number of rotatable bonds is 5. The topological polar surface area (TPSA) is 29.0 Å². The zero-order valence-corrected chi connectivity index (χ0v) is 12.5. The Morgan fingerprint density at radius 1 is 1.37 bits per heavy atom. The van der Waals surface area contributed by atoms with E-state index in [0.29, 0.717) is 17.1 Å². The van der Waals surface area contributed by atoms with Crippen molar-refractivity contribution in [3.05, 3.63) is 39.4 Å². The second-order valence-electron chi connectivity index (χ2n) is 4.59. The molecule has 1 aliphatic rings. The summed E-state index contributed by atoms with van der Waals surface area (Å²) in [6, 6.07) is 2.69. The molecule has 0 bridgehead atoms. The van der Waals surface area contributed by atoms with Crippen molar-refractivity contribution in [2.45, 2.75) is 31.3 Å². The first-order valence-electron chi connectivity index (χ1n) is 6.12. The summed E-state index contributed by atoms with van der Waals surface area (Å²) < 4.78 is 0. The van der Waals surface area contributed by atoms with E-state index in [-0.39, 0.29) is 0 Å². The van der Waals surface area contributed by atoms with Crippen molar-refractivity contribution in [1.29, 1.82) is 0 Å². The van der Waals surface area contributed by atoms with Crippen LogP contribution in [0.1, 0.15) is 24.0 Å². The maximum Gasteiger partial charge on any atom is 0.138 e. The van der Waals surface area contributed by atoms with E-state index in [1.807, 2.05) is 0 Å². The molecule has 1 aliphatic carbocycles. The fourth-order valence-electron chi connectivity index (χ4n) is 2.09. The van der Waals surface area contributed by atoms with Crippen LogP contribution in [0.15, 0.2) is 23.2 Å². The number of hydrogen-bond donors (Lipinski definition) is 0. The normalized spacial score (nSPS) is 14.6. The number of hydrogen-bond acceptors (Lipinski definition) is 4. The van der Waals surface area contributed by atoms with Crippen LogP contribution in [0.25, 0.3) is 0 Å². The SMILES string of the molecule is ClCc1c(Cl)ncnc1N(Cc1ccsc1)C1CC1. The fraction of sp³-hybridized carbons (Fsp3) is 0.385. The van der Waals surface area contributed by atoms with Gasteiger partial charge in [-0.25, -0.2) is 9.97 Å². The Hall–Kier alpha value is -0.840. The summed E-state index contributed by atoms with van der Waals surface area (Å²) in [5.74, 6) is 1.21. The summed E-state index contributed by atoms with van der Waals surface area (Å²) in [6.45, 7) is 0.853. The summed E-state index contributed by atoms with van der Waals surface area (Å²) in [5.41, 5.74) is 2.13. The van der Waals surface area contributed by atoms with Gasteiger partial charge < -0.3 is 4.90 Å². The van der Waals surface area contributed by atoms with Crippen molar-refractivity contribution in [3.63, 3.8) is 0 Å². The van der Waals surface area contributed by atoms with Gasteiger partial charge >= 0.3 is 0 Å². The van der Waals surface area contributed by atoms with Crippen molar-refractivity contribution in [3.8, 4) is 0 Å². The van der Waals surface area contributed by atoms with Gasteiger partial charge in [0.25, 0.3) is 0 Å². The second-order valence-corrected chi connectivity index (χ2v) is 6.00. The molecule has 6 heteroatoms. The van der Waals surface area contributed by atoms with Crippen LogP contribution in [0.5, 0.6) is 0 Å². The first-order chi connectivity index (χ1) is 9.29. The molecule has 0 atom stereocenters. The van der Waals surface area contributed by atoms with Crippen molar-refractivity contribution >= 4 is 40.4 Å². The molecule has 0 radical (unpaired) electrons. The Kier molecular flexibility index (Phi) is 3.91. The van der Waals surface area contributed by atoms with E-state index in [1.54, 1.807) is 11.3 Å². The number of anilines is 1. The molecule has 2 heterocycles.